The number of hydrogen-bond acceptors (Lipinski definition) is 6. The summed E-state index contributed by atoms with van der Waals surface area (Å²) in [7, 11) is 2.01. The molecule has 2 fully saturated rings. The zero-order valence-corrected chi connectivity index (χ0v) is 12.0. The monoisotopic (exact) mass is 277 g/mol. The molecule has 20 heavy (non-hydrogen) atoms. The second-order valence-electron chi connectivity index (χ2n) is 5.64. The molecule has 1 aromatic rings. The fourth-order valence-corrected chi connectivity index (χ4v) is 3.01. The first kappa shape index (κ1) is 13.6. The Hall–Kier alpha value is -1.40. The molecule has 2 aliphatic heterocycles. The molecule has 2 saturated heterocycles. The molecule has 3 heterocycles. The van der Waals surface area contributed by atoms with Crippen molar-refractivity contribution in [2.75, 3.05) is 37.4 Å². The van der Waals surface area contributed by atoms with Crippen LogP contribution >= 0.6 is 0 Å². The molecule has 3 rings (SSSR count). The van der Waals surface area contributed by atoms with E-state index in [1.165, 1.54) is 0 Å². The summed E-state index contributed by atoms with van der Waals surface area (Å²) in [5, 5.41) is 3.32. The van der Waals surface area contributed by atoms with Crippen molar-refractivity contribution >= 4 is 11.8 Å². The minimum atomic E-state index is 0.292. The summed E-state index contributed by atoms with van der Waals surface area (Å²) in [6.07, 6.45) is 4.53. The SMILES string of the molecule is CNC1CCN(c2cc(C[C@H]3CCCO3)nc(N)n2)C1. The summed E-state index contributed by atoms with van der Waals surface area (Å²) in [6.45, 7) is 2.86. The van der Waals surface area contributed by atoms with Crippen LogP contribution in [0.1, 0.15) is 25.0 Å². The molecule has 110 valence electrons. The molecule has 0 spiro atoms. The number of hydrogen-bond donors (Lipinski definition) is 2. The van der Waals surface area contributed by atoms with Gasteiger partial charge >= 0.3 is 0 Å². The molecule has 1 unspecified atom stereocenters. The van der Waals surface area contributed by atoms with Crippen LogP contribution in [0.4, 0.5) is 11.8 Å². The van der Waals surface area contributed by atoms with E-state index in [0.29, 0.717) is 18.1 Å². The van der Waals surface area contributed by atoms with Gasteiger partial charge in [-0.25, -0.2) is 4.98 Å². The van der Waals surface area contributed by atoms with E-state index in [9.17, 15) is 0 Å². The number of likely N-dealkylation sites (N-methyl/N-ethyl adjacent to an activating group) is 1. The molecule has 0 saturated carbocycles. The third-order valence-electron chi connectivity index (χ3n) is 4.16. The fraction of sp³-hybridized carbons (Fsp3) is 0.714. The maximum Gasteiger partial charge on any atom is 0.222 e. The Morgan fingerprint density at radius 1 is 1.45 bits per heavy atom. The van der Waals surface area contributed by atoms with Crippen LogP contribution in [0, 0.1) is 0 Å². The zero-order chi connectivity index (χ0) is 13.9. The lowest BCUT2D eigenvalue weighted by Crippen LogP contribution is -2.30. The number of nitrogens with zero attached hydrogens (tertiary/aromatic N) is 3. The van der Waals surface area contributed by atoms with Gasteiger partial charge in [-0.05, 0) is 26.3 Å². The molecule has 0 bridgehead atoms. The molecule has 2 aliphatic rings. The normalized spacial score (nSPS) is 26.4. The van der Waals surface area contributed by atoms with E-state index in [1.807, 2.05) is 7.05 Å². The van der Waals surface area contributed by atoms with Crippen molar-refractivity contribution in [2.24, 2.45) is 0 Å². The average molecular weight is 277 g/mol. The first-order valence-electron chi connectivity index (χ1n) is 7.42. The lowest BCUT2D eigenvalue weighted by molar-refractivity contribution is 0.110. The molecular weight excluding hydrogens is 254 g/mol. The van der Waals surface area contributed by atoms with Crippen molar-refractivity contribution in [1.29, 1.82) is 0 Å². The highest BCUT2D eigenvalue weighted by atomic mass is 16.5. The standard InChI is InChI=1S/C14H23N5O/c1-16-10-4-5-19(9-10)13-8-11(17-14(15)18-13)7-12-3-2-6-20-12/h8,10,12,16H,2-7,9H2,1H3,(H2,15,17,18)/t10?,12-/m1/s1. The van der Waals surface area contributed by atoms with Gasteiger partial charge in [0.1, 0.15) is 5.82 Å². The van der Waals surface area contributed by atoms with E-state index in [2.05, 4.69) is 26.3 Å². The van der Waals surface area contributed by atoms with Gasteiger partial charge in [0.05, 0.1) is 11.8 Å². The summed E-state index contributed by atoms with van der Waals surface area (Å²) < 4.78 is 5.67. The molecule has 0 aromatic carbocycles. The molecule has 1 aromatic heterocycles. The van der Waals surface area contributed by atoms with Crippen molar-refractivity contribution in [3.8, 4) is 0 Å². The van der Waals surface area contributed by atoms with Gasteiger partial charge in [-0.1, -0.05) is 0 Å². The highest BCUT2D eigenvalue weighted by Crippen LogP contribution is 2.22. The lowest BCUT2D eigenvalue weighted by Gasteiger charge is -2.19. The first-order chi connectivity index (χ1) is 9.74. The van der Waals surface area contributed by atoms with Gasteiger partial charge in [0, 0.05) is 38.2 Å². The molecule has 0 radical (unpaired) electrons. The Morgan fingerprint density at radius 2 is 2.35 bits per heavy atom. The van der Waals surface area contributed by atoms with Gasteiger partial charge in [0.25, 0.3) is 0 Å². The highest BCUT2D eigenvalue weighted by Gasteiger charge is 2.23. The van der Waals surface area contributed by atoms with E-state index in [4.69, 9.17) is 10.5 Å². The number of ether oxygens (including phenoxy) is 1. The van der Waals surface area contributed by atoms with Crippen LogP contribution in [-0.4, -0.2) is 48.9 Å². The van der Waals surface area contributed by atoms with Crippen LogP contribution in [0.25, 0.3) is 0 Å². The maximum atomic E-state index is 5.86. The number of anilines is 2. The van der Waals surface area contributed by atoms with E-state index in [0.717, 1.165) is 56.9 Å². The molecule has 6 heteroatoms. The number of nitrogen functional groups attached to an aromatic ring is 1. The van der Waals surface area contributed by atoms with Crippen molar-refractivity contribution in [2.45, 2.75) is 37.8 Å². The molecule has 6 nitrogen and oxygen atoms in total. The first-order valence-corrected chi connectivity index (χ1v) is 7.42. The third kappa shape index (κ3) is 3.02. The summed E-state index contributed by atoms with van der Waals surface area (Å²) in [5.74, 6) is 1.31. The Bertz CT molecular complexity index is 461. The van der Waals surface area contributed by atoms with E-state index in [-0.39, 0.29) is 0 Å². The van der Waals surface area contributed by atoms with Crippen LogP contribution in [-0.2, 0) is 11.2 Å². The van der Waals surface area contributed by atoms with Crippen LogP contribution < -0.4 is 16.0 Å². The Morgan fingerprint density at radius 3 is 3.05 bits per heavy atom. The van der Waals surface area contributed by atoms with E-state index in [1.54, 1.807) is 0 Å². The molecule has 0 aliphatic carbocycles. The topological polar surface area (TPSA) is 76.3 Å². The summed E-state index contributed by atoms with van der Waals surface area (Å²) >= 11 is 0. The van der Waals surface area contributed by atoms with Crippen molar-refractivity contribution < 1.29 is 4.74 Å². The van der Waals surface area contributed by atoms with Crippen LogP contribution in [0.5, 0.6) is 0 Å². The number of rotatable bonds is 4. The summed E-state index contributed by atoms with van der Waals surface area (Å²) in [6, 6.07) is 2.60. The van der Waals surface area contributed by atoms with E-state index < -0.39 is 0 Å². The third-order valence-corrected chi connectivity index (χ3v) is 4.16. The smallest absolute Gasteiger partial charge is 0.222 e. The van der Waals surface area contributed by atoms with Crippen LogP contribution in [0.2, 0.25) is 0 Å². The zero-order valence-electron chi connectivity index (χ0n) is 12.0. The van der Waals surface area contributed by atoms with Crippen LogP contribution in [0.15, 0.2) is 6.07 Å². The number of nitrogens with two attached hydrogens (primary N) is 1. The molecule has 2 atom stereocenters. The minimum Gasteiger partial charge on any atom is -0.378 e. The number of nitrogens with one attached hydrogen (secondary N) is 1. The average Bonchev–Trinajstić information content (AvgIpc) is 3.08. The Kier molecular flexibility index (Phi) is 4.03. The predicted octanol–water partition coefficient (Wildman–Crippen LogP) is 0.578. The Labute approximate surface area is 119 Å². The molecule has 3 N–H and O–H groups in total. The Balaban J connectivity index is 1.72. The van der Waals surface area contributed by atoms with Gasteiger partial charge in [0.2, 0.25) is 5.95 Å². The second kappa shape index (κ2) is 5.93. The van der Waals surface area contributed by atoms with Gasteiger partial charge in [-0.2, -0.15) is 4.98 Å². The minimum absolute atomic E-state index is 0.292. The van der Waals surface area contributed by atoms with Gasteiger partial charge < -0.3 is 20.7 Å². The predicted molar refractivity (Wildman–Crippen MR) is 78.8 cm³/mol. The number of aromatic nitrogens is 2. The summed E-state index contributed by atoms with van der Waals surface area (Å²) in [5.41, 5.74) is 6.86. The second-order valence-corrected chi connectivity index (χ2v) is 5.64. The molecule has 0 amide bonds. The van der Waals surface area contributed by atoms with Crippen LogP contribution in [0.3, 0.4) is 0 Å². The fourth-order valence-electron chi connectivity index (χ4n) is 3.01. The van der Waals surface area contributed by atoms with Gasteiger partial charge in [-0.15, -0.1) is 0 Å². The van der Waals surface area contributed by atoms with Crippen molar-refractivity contribution in [3.63, 3.8) is 0 Å². The molecular formula is C14H23N5O. The maximum absolute atomic E-state index is 5.86. The highest BCUT2D eigenvalue weighted by molar-refractivity contribution is 5.45. The van der Waals surface area contributed by atoms with Crippen molar-refractivity contribution in [3.05, 3.63) is 11.8 Å². The summed E-state index contributed by atoms with van der Waals surface area (Å²) in [4.78, 5) is 11.0. The largest absolute Gasteiger partial charge is 0.378 e. The van der Waals surface area contributed by atoms with Crippen molar-refractivity contribution in [1.82, 2.24) is 15.3 Å². The quantitative estimate of drug-likeness (QED) is 0.838. The lowest BCUT2D eigenvalue weighted by atomic mass is 10.1. The van der Waals surface area contributed by atoms with Gasteiger partial charge in [0.15, 0.2) is 0 Å². The van der Waals surface area contributed by atoms with Gasteiger partial charge in [-0.3, -0.25) is 0 Å². The van der Waals surface area contributed by atoms with E-state index >= 15 is 0 Å².